The molecular formula is C32H30ClN9O7. The quantitative estimate of drug-likeness (QED) is 0.176. The molecule has 0 spiro atoms. The van der Waals surface area contributed by atoms with Crippen LogP contribution in [0.5, 0.6) is 0 Å². The number of aromatic carboxylic acids is 1. The lowest BCUT2D eigenvalue weighted by Gasteiger charge is -2.42. The Morgan fingerprint density at radius 1 is 0.959 bits per heavy atom. The average Bonchev–Trinajstić information content (AvgIpc) is 3.59. The number of ether oxygens (including phenoxy) is 1. The number of carbonyl (C=O) groups excluding carboxylic acids is 4. The molecule has 4 N–H and O–H groups in total. The summed E-state index contributed by atoms with van der Waals surface area (Å²) in [6, 6.07) is 16.1. The van der Waals surface area contributed by atoms with Crippen LogP contribution in [0, 0.1) is 0 Å². The largest absolute Gasteiger partial charge is 0.478 e. The average molecular weight is 688 g/mol. The standard InChI is InChI=1S/C32H30ClN9O7/c33-21-5-10-27(42-18-34-38-39-42)25(14-21)36-30(45)31(46)37-26(29(44)35-22-6-3-20(4-7-22)32(47)48)13-19-1-8-23(9-2-19)41-12-11-40(15-28(41)43)24-16-49-17-24/h1-10,14,18,24,26H,11-13,15-17H2,(H,35,44)(H,36,45)(H,37,46)(H,47,48)/t26-/m0/s1. The number of carboxylic acids is 1. The molecule has 1 aromatic heterocycles. The Morgan fingerprint density at radius 3 is 2.35 bits per heavy atom. The van der Waals surface area contributed by atoms with Crippen LogP contribution in [0.1, 0.15) is 15.9 Å². The maximum Gasteiger partial charge on any atom is 0.335 e. The van der Waals surface area contributed by atoms with Crippen LogP contribution < -0.4 is 20.9 Å². The highest BCUT2D eigenvalue weighted by atomic mass is 35.5. The fraction of sp³-hybridized carbons (Fsp3) is 0.250. The molecular weight excluding hydrogens is 658 g/mol. The van der Waals surface area contributed by atoms with Gasteiger partial charge in [-0.15, -0.1) is 5.10 Å². The summed E-state index contributed by atoms with van der Waals surface area (Å²) in [4.78, 5) is 67.8. The Hall–Kier alpha value is -5.71. The van der Waals surface area contributed by atoms with E-state index in [1.165, 1.54) is 41.3 Å². The van der Waals surface area contributed by atoms with Crippen molar-refractivity contribution in [3.8, 4) is 5.69 Å². The Morgan fingerprint density at radius 2 is 1.71 bits per heavy atom. The number of hydrogen-bond acceptors (Lipinski definition) is 10. The minimum Gasteiger partial charge on any atom is -0.478 e. The number of piperazine rings is 1. The predicted molar refractivity (Wildman–Crippen MR) is 175 cm³/mol. The monoisotopic (exact) mass is 687 g/mol. The van der Waals surface area contributed by atoms with Gasteiger partial charge in [0.25, 0.3) is 0 Å². The molecule has 0 radical (unpaired) electrons. The zero-order valence-electron chi connectivity index (χ0n) is 25.8. The third-order valence-corrected chi connectivity index (χ3v) is 8.34. The highest BCUT2D eigenvalue weighted by Gasteiger charge is 2.33. The predicted octanol–water partition coefficient (Wildman–Crippen LogP) is 1.37. The normalized spacial score (nSPS) is 15.6. The molecule has 1 atom stereocenters. The molecule has 0 bridgehead atoms. The van der Waals surface area contributed by atoms with Crippen LogP contribution in [-0.2, 0) is 30.3 Å². The molecule has 2 saturated heterocycles. The van der Waals surface area contributed by atoms with E-state index < -0.39 is 29.7 Å². The lowest BCUT2D eigenvalue weighted by molar-refractivity contribution is -0.137. The van der Waals surface area contributed by atoms with Crippen molar-refractivity contribution in [2.75, 3.05) is 48.4 Å². The second-order valence-corrected chi connectivity index (χ2v) is 11.8. The number of anilines is 3. The summed E-state index contributed by atoms with van der Waals surface area (Å²) in [5.41, 5.74) is 2.13. The number of nitrogens with one attached hydrogen (secondary N) is 3. The van der Waals surface area contributed by atoms with Gasteiger partial charge >= 0.3 is 17.8 Å². The van der Waals surface area contributed by atoms with E-state index in [4.69, 9.17) is 16.3 Å². The summed E-state index contributed by atoms with van der Waals surface area (Å²) in [7, 11) is 0. The molecule has 3 heterocycles. The summed E-state index contributed by atoms with van der Waals surface area (Å²) in [6.45, 7) is 2.80. The van der Waals surface area contributed by atoms with Crippen LogP contribution in [0.15, 0.2) is 73.1 Å². The fourth-order valence-corrected chi connectivity index (χ4v) is 5.55. The van der Waals surface area contributed by atoms with E-state index >= 15 is 0 Å². The number of carboxylic acid groups (broad SMARTS) is 1. The van der Waals surface area contributed by atoms with Crippen molar-refractivity contribution in [2.45, 2.75) is 18.5 Å². The van der Waals surface area contributed by atoms with Gasteiger partial charge in [0, 0.05) is 35.9 Å². The minimum atomic E-state index is -1.24. The van der Waals surface area contributed by atoms with Crippen LogP contribution in [0.3, 0.4) is 0 Å². The van der Waals surface area contributed by atoms with Gasteiger partial charge in [-0.25, -0.2) is 4.79 Å². The van der Waals surface area contributed by atoms with Gasteiger partial charge in [0.1, 0.15) is 12.4 Å². The molecule has 16 nitrogen and oxygen atoms in total. The molecule has 2 fully saturated rings. The molecule has 4 aromatic rings. The Labute approximate surface area is 284 Å². The maximum absolute atomic E-state index is 13.5. The van der Waals surface area contributed by atoms with E-state index in [0.717, 1.165) is 6.54 Å². The van der Waals surface area contributed by atoms with Crippen LogP contribution in [0.2, 0.25) is 5.02 Å². The molecule has 0 aliphatic carbocycles. The molecule has 2 aliphatic rings. The molecule has 0 saturated carbocycles. The zero-order chi connectivity index (χ0) is 34.5. The van der Waals surface area contributed by atoms with Gasteiger partial charge in [-0.2, -0.15) is 4.68 Å². The summed E-state index contributed by atoms with van der Waals surface area (Å²) < 4.78 is 6.53. The number of nitrogens with zero attached hydrogens (tertiary/aromatic N) is 6. The number of amides is 4. The fourth-order valence-electron chi connectivity index (χ4n) is 5.38. The summed E-state index contributed by atoms with van der Waals surface area (Å²) in [6.07, 6.45) is 1.28. The number of hydrogen-bond donors (Lipinski definition) is 4. The maximum atomic E-state index is 13.5. The second-order valence-electron chi connectivity index (χ2n) is 11.3. The Kier molecular flexibility index (Phi) is 9.89. The topological polar surface area (TPSA) is 201 Å². The van der Waals surface area contributed by atoms with E-state index in [1.54, 1.807) is 41.3 Å². The Bertz CT molecular complexity index is 1870. The van der Waals surface area contributed by atoms with Crippen LogP contribution in [0.25, 0.3) is 5.69 Å². The van der Waals surface area contributed by atoms with Crippen molar-refractivity contribution in [1.82, 2.24) is 30.4 Å². The van der Waals surface area contributed by atoms with Gasteiger partial charge in [-0.05, 0) is 70.6 Å². The van der Waals surface area contributed by atoms with Gasteiger partial charge in [0.15, 0.2) is 0 Å². The molecule has 2 aliphatic heterocycles. The molecule has 17 heteroatoms. The van der Waals surface area contributed by atoms with Crippen molar-refractivity contribution in [3.05, 3.63) is 89.2 Å². The lowest BCUT2D eigenvalue weighted by atomic mass is 10.0. The van der Waals surface area contributed by atoms with Gasteiger partial charge in [-0.1, -0.05) is 23.7 Å². The lowest BCUT2D eigenvalue weighted by Crippen LogP contribution is -2.58. The highest BCUT2D eigenvalue weighted by molar-refractivity contribution is 6.40. The molecule has 3 aromatic carbocycles. The number of carbonyl (C=O) groups is 5. The van der Waals surface area contributed by atoms with E-state index in [2.05, 4.69) is 36.4 Å². The van der Waals surface area contributed by atoms with Crippen molar-refractivity contribution in [2.24, 2.45) is 0 Å². The first kappa shape index (κ1) is 33.2. The van der Waals surface area contributed by atoms with Crippen molar-refractivity contribution in [1.29, 1.82) is 0 Å². The smallest absolute Gasteiger partial charge is 0.335 e. The SMILES string of the molecule is O=C(Nc1cc(Cl)ccc1-n1cnnn1)C(=O)N[C@@H](Cc1ccc(N2CCN(C3COC3)CC2=O)cc1)C(=O)Nc1ccc(C(=O)O)cc1. The molecule has 252 valence electrons. The molecule has 0 unspecified atom stereocenters. The van der Waals surface area contributed by atoms with E-state index in [-0.39, 0.29) is 40.3 Å². The number of rotatable bonds is 10. The van der Waals surface area contributed by atoms with Crippen LogP contribution in [-0.4, -0.2) is 105 Å². The van der Waals surface area contributed by atoms with E-state index in [9.17, 15) is 29.1 Å². The number of benzene rings is 3. The number of halogens is 1. The second kappa shape index (κ2) is 14.6. The van der Waals surface area contributed by atoms with Gasteiger partial charge in [0.05, 0.1) is 42.7 Å². The van der Waals surface area contributed by atoms with Gasteiger partial charge in [0.2, 0.25) is 11.8 Å². The Balaban J connectivity index is 1.17. The molecule has 4 amide bonds. The third kappa shape index (κ3) is 7.89. The van der Waals surface area contributed by atoms with E-state index in [0.29, 0.717) is 43.2 Å². The van der Waals surface area contributed by atoms with Crippen molar-refractivity contribution in [3.63, 3.8) is 0 Å². The van der Waals surface area contributed by atoms with Gasteiger partial charge in [-0.3, -0.25) is 24.1 Å². The zero-order valence-corrected chi connectivity index (χ0v) is 26.5. The van der Waals surface area contributed by atoms with Crippen LogP contribution >= 0.6 is 11.6 Å². The highest BCUT2D eigenvalue weighted by Crippen LogP contribution is 2.24. The first-order valence-corrected chi connectivity index (χ1v) is 15.5. The summed E-state index contributed by atoms with van der Waals surface area (Å²) in [5.74, 6) is -4.01. The first-order chi connectivity index (χ1) is 23.6. The third-order valence-electron chi connectivity index (χ3n) is 8.11. The van der Waals surface area contributed by atoms with Crippen molar-refractivity contribution < 1.29 is 33.8 Å². The minimum absolute atomic E-state index is 0.0191. The van der Waals surface area contributed by atoms with Crippen LogP contribution in [0.4, 0.5) is 17.1 Å². The van der Waals surface area contributed by atoms with Gasteiger partial charge < -0.3 is 30.7 Å². The van der Waals surface area contributed by atoms with Crippen molar-refractivity contribution >= 4 is 58.3 Å². The first-order valence-electron chi connectivity index (χ1n) is 15.1. The summed E-state index contributed by atoms with van der Waals surface area (Å²) in [5, 5.41) is 28.1. The summed E-state index contributed by atoms with van der Waals surface area (Å²) >= 11 is 6.13. The van der Waals surface area contributed by atoms with E-state index in [1.807, 2.05) is 0 Å². The number of aromatic nitrogens is 4. The molecule has 49 heavy (non-hydrogen) atoms. The molecule has 6 rings (SSSR count). The number of tetrazole rings is 1.